The molecule has 1 N–H and O–H groups in total. The fourth-order valence-corrected chi connectivity index (χ4v) is 4.03. The number of nitrogens with one attached hydrogen (secondary N) is 1. The number of anilines is 1. The van der Waals surface area contributed by atoms with Gasteiger partial charge in [-0.15, -0.1) is 0 Å². The molecule has 0 bridgehead atoms. The highest BCUT2D eigenvalue weighted by molar-refractivity contribution is 9.10. The number of rotatable bonds is 3. The van der Waals surface area contributed by atoms with Crippen LogP contribution in [0.15, 0.2) is 58.2 Å². The molecule has 0 radical (unpaired) electrons. The Morgan fingerprint density at radius 1 is 1.21 bits per heavy atom. The number of piperidine rings is 1. The number of likely N-dealkylation sites (tertiary alicyclic amines) is 1. The van der Waals surface area contributed by atoms with Crippen LogP contribution in [0.4, 0.5) is 10.5 Å². The molecule has 2 amide bonds. The highest BCUT2D eigenvalue weighted by Crippen LogP contribution is 2.36. The van der Waals surface area contributed by atoms with Crippen molar-refractivity contribution in [3.8, 4) is 5.75 Å². The van der Waals surface area contributed by atoms with E-state index in [0.717, 1.165) is 46.4 Å². The summed E-state index contributed by atoms with van der Waals surface area (Å²) in [6, 6.07) is 15.4. The summed E-state index contributed by atoms with van der Waals surface area (Å²) >= 11 is 3.42. The minimum absolute atomic E-state index is 0.0834. The molecule has 2 heterocycles. The van der Waals surface area contributed by atoms with Gasteiger partial charge in [-0.3, -0.25) is 0 Å². The van der Waals surface area contributed by atoms with Gasteiger partial charge in [-0.1, -0.05) is 39.3 Å². The Balaban J connectivity index is 1.35. The highest BCUT2D eigenvalue weighted by atomic mass is 79.9. The summed E-state index contributed by atoms with van der Waals surface area (Å²) in [6.45, 7) is 1.28. The van der Waals surface area contributed by atoms with Crippen LogP contribution in [0.5, 0.6) is 5.75 Å². The average Bonchev–Trinajstić information content (AvgIpc) is 3.12. The molecule has 2 aromatic carbocycles. The Morgan fingerprint density at radius 3 is 2.75 bits per heavy atom. The molecule has 0 saturated carbocycles. The van der Waals surface area contributed by atoms with Crippen molar-refractivity contribution in [3.63, 3.8) is 0 Å². The summed E-state index contributed by atoms with van der Waals surface area (Å²) in [4.78, 5) is 20.3. The monoisotopic (exact) mass is 443 g/mol. The number of carbonyl (C=O) groups is 1. The lowest BCUT2D eigenvalue weighted by molar-refractivity contribution is -0.0544. The summed E-state index contributed by atoms with van der Waals surface area (Å²) < 4.78 is 6.23. The van der Waals surface area contributed by atoms with Crippen LogP contribution in [0.2, 0.25) is 0 Å². The van der Waals surface area contributed by atoms with Crippen molar-refractivity contribution in [2.24, 2.45) is 5.16 Å². The maximum Gasteiger partial charge on any atom is 0.321 e. The van der Waals surface area contributed by atoms with E-state index in [-0.39, 0.29) is 11.6 Å². The molecule has 7 heteroatoms. The van der Waals surface area contributed by atoms with Gasteiger partial charge in [0.15, 0.2) is 0 Å². The van der Waals surface area contributed by atoms with Gasteiger partial charge in [0, 0.05) is 48.1 Å². The van der Waals surface area contributed by atoms with Gasteiger partial charge < -0.3 is 19.8 Å². The van der Waals surface area contributed by atoms with Crippen LogP contribution < -0.4 is 10.1 Å². The van der Waals surface area contributed by atoms with E-state index in [9.17, 15) is 4.79 Å². The summed E-state index contributed by atoms with van der Waals surface area (Å²) in [5.41, 5.74) is 2.42. The molecule has 1 fully saturated rings. The van der Waals surface area contributed by atoms with E-state index in [0.29, 0.717) is 13.1 Å². The third-order valence-electron chi connectivity index (χ3n) is 5.28. The van der Waals surface area contributed by atoms with Crippen molar-refractivity contribution in [1.82, 2.24) is 4.90 Å². The van der Waals surface area contributed by atoms with E-state index in [1.165, 1.54) is 0 Å². The Morgan fingerprint density at radius 2 is 2.00 bits per heavy atom. The van der Waals surface area contributed by atoms with Gasteiger partial charge in [-0.25, -0.2) is 4.79 Å². The standard InChI is InChI=1S/C21H22BrN3O3/c1-27-18-7-2-4-15(12-18)19-14-21(28-24-19)8-10-25(11-9-21)20(26)23-17-6-3-5-16(22)13-17/h2-7,12-13H,8-11,14H2,1H3,(H,23,26). The first kappa shape index (κ1) is 18.8. The molecule has 4 rings (SSSR count). The smallest absolute Gasteiger partial charge is 0.321 e. The molecule has 1 spiro atoms. The number of hydrogen-bond donors (Lipinski definition) is 1. The lowest BCUT2D eigenvalue weighted by atomic mass is 9.85. The number of oxime groups is 1. The number of urea groups is 1. The van der Waals surface area contributed by atoms with Crippen LogP contribution in [0.3, 0.4) is 0 Å². The van der Waals surface area contributed by atoms with Gasteiger partial charge in [0.25, 0.3) is 0 Å². The van der Waals surface area contributed by atoms with Crippen molar-refractivity contribution >= 4 is 33.4 Å². The van der Waals surface area contributed by atoms with Crippen LogP contribution in [0.25, 0.3) is 0 Å². The molecular weight excluding hydrogens is 422 g/mol. The number of carbonyl (C=O) groups excluding carboxylic acids is 1. The molecule has 6 nitrogen and oxygen atoms in total. The average molecular weight is 444 g/mol. The van der Waals surface area contributed by atoms with Crippen LogP contribution in [-0.2, 0) is 4.84 Å². The predicted octanol–water partition coefficient (Wildman–Crippen LogP) is 4.65. The molecule has 0 aromatic heterocycles. The first-order chi connectivity index (χ1) is 13.6. The lowest BCUT2D eigenvalue weighted by Gasteiger charge is -2.37. The van der Waals surface area contributed by atoms with Crippen molar-refractivity contribution in [3.05, 3.63) is 58.6 Å². The number of methoxy groups -OCH3 is 1. The fourth-order valence-electron chi connectivity index (χ4n) is 3.63. The van der Waals surface area contributed by atoms with Crippen LogP contribution in [0, 0.1) is 0 Å². The van der Waals surface area contributed by atoms with E-state index in [2.05, 4.69) is 26.4 Å². The van der Waals surface area contributed by atoms with E-state index < -0.39 is 0 Å². The third kappa shape index (κ3) is 3.99. The van der Waals surface area contributed by atoms with E-state index in [1.807, 2.05) is 53.4 Å². The molecular formula is C21H22BrN3O3. The van der Waals surface area contributed by atoms with Gasteiger partial charge in [0.2, 0.25) is 0 Å². The maximum absolute atomic E-state index is 12.6. The second-order valence-electron chi connectivity index (χ2n) is 7.15. The summed E-state index contributed by atoms with van der Waals surface area (Å²) in [5.74, 6) is 0.806. The third-order valence-corrected chi connectivity index (χ3v) is 5.77. The Hall–Kier alpha value is -2.54. The maximum atomic E-state index is 12.6. The van der Waals surface area contributed by atoms with E-state index in [1.54, 1.807) is 7.11 Å². The lowest BCUT2D eigenvalue weighted by Crippen LogP contribution is -2.48. The molecule has 1 saturated heterocycles. The van der Waals surface area contributed by atoms with Gasteiger partial charge in [0.05, 0.1) is 12.8 Å². The zero-order valence-corrected chi connectivity index (χ0v) is 17.2. The number of nitrogens with zero attached hydrogens (tertiary/aromatic N) is 2. The fraction of sp³-hybridized carbons (Fsp3) is 0.333. The first-order valence-corrected chi connectivity index (χ1v) is 10.1. The molecule has 0 unspecified atom stereocenters. The summed E-state index contributed by atoms with van der Waals surface area (Å²) in [7, 11) is 1.66. The van der Waals surface area contributed by atoms with Gasteiger partial charge in [0.1, 0.15) is 11.4 Å². The van der Waals surface area contributed by atoms with Crippen LogP contribution in [0.1, 0.15) is 24.8 Å². The molecule has 2 aliphatic heterocycles. The summed E-state index contributed by atoms with van der Waals surface area (Å²) in [6.07, 6.45) is 2.27. The Bertz CT molecular complexity index is 907. The van der Waals surface area contributed by atoms with Crippen molar-refractivity contribution in [2.75, 3.05) is 25.5 Å². The molecule has 0 atom stereocenters. The SMILES string of the molecule is COc1cccc(C2=NOC3(CCN(C(=O)Nc4cccc(Br)c4)CC3)C2)c1. The van der Waals surface area contributed by atoms with Crippen molar-refractivity contribution in [2.45, 2.75) is 24.9 Å². The molecule has 0 aliphatic carbocycles. The molecule has 28 heavy (non-hydrogen) atoms. The minimum Gasteiger partial charge on any atom is -0.497 e. The largest absolute Gasteiger partial charge is 0.497 e. The molecule has 2 aliphatic rings. The minimum atomic E-state index is -0.315. The Labute approximate surface area is 172 Å². The second kappa shape index (κ2) is 7.83. The Kier molecular flexibility index (Phi) is 5.26. The summed E-state index contributed by atoms with van der Waals surface area (Å²) in [5, 5.41) is 7.29. The number of amides is 2. The van der Waals surface area contributed by atoms with E-state index in [4.69, 9.17) is 9.57 Å². The number of benzene rings is 2. The van der Waals surface area contributed by atoms with Crippen LogP contribution >= 0.6 is 15.9 Å². The zero-order valence-electron chi connectivity index (χ0n) is 15.7. The van der Waals surface area contributed by atoms with Gasteiger partial charge in [-0.05, 0) is 30.3 Å². The van der Waals surface area contributed by atoms with Crippen molar-refractivity contribution < 1.29 is 14.4 Å². The quantitative estimate of drug-likeness (QED) is 0.750. The normalized spacial score (nSPS) is 17.8. The van der Waals surface area contributed by atoms with Crippen LogP contribution in [-0.4, -0.2) is 42.4 Å². The van der Waals surface area contributed by atoms with Gasteiger partial charge >= 0.3 is 6.03 Å². The predicted molar refractivity (Wildman–Crippen MR) is 112 cm³/mol. The molecule has 2 aromatic rings. The second-order valence-corrected chi connectivity index (χ2v) is 8.06. The number of hydrogen-bond acceptors (Lipinski definition) is 4. The zero-order chi connectivity index (χ0) is 19.6. The van der Waals surface area contributed by atoms with Crippen molar-refractivity contribution in [1.29, 1.82) is 0 Å². The molecule has 146 valence electrons. The number of halogens is 1. The van der Waals surface area contributed by atoms with Gasteiger partial charge in [-0.2, -0.15) is 0 Å². The number of ether oxygens (including phenoxy) is 1. The first-order valence-electron chi connectivity index (χ1n) is 9.28. The topological polar surface area (TPSA) is 63.2 Å². The van der Waals surface area contributed by atoms with E-state index >= 15 is 0 Å². The highest BCUT2D eigenvalue weighted by Gasteiger charge is 2.43.